The van der Waals surface area contributed by atoms with E-state index in [2.05, 4.69) is 38.1 Å². The zero-order valence-corrected chi connectivity index (χ0v) is 19.6. The molecule has 5 nitrogen and oxygen atoms in total. The Morgan fingerprint density at radius 2 is 1.56 bits per heavy atom. The first kappa shape index (κ1) is 22.9. The Morgan fingerprint density at radius 1 is 0.912 bits per heavy atom. The molecule has 1 heterocycles. The van der Waals surface area contributed by atoms with Crippen molar-refractivity contribution < 1.29 is 4.74 Å². The van der Waals surface area contributed by atoms with Gasteiger partial charge in [-0.15, -0.1) is 0 Å². The fourth-order valence-corrected chi connectivity index (χ4v) is 3.99. The summed E-state index contributed by atoms with van der Waals surface area (Å²) in [4.78, 5) is 13.3. The van der Waals surface area contributed by atoms with Crippen molar-refractivity contribution in [2.24, 2.45) is 0 Å². The van der Waals surface area contributed by atoms with Gasteiger partial charge in [-0.1, -0.05) is 25.1 Å². The molecule has 0 aliphatic carbocycles. The van der Waals surface area contributed by atoms with Gasteiger partial charge in [-0.05, 0) is 103 Å². The number of hydrogen-bond acceptors (Lipinski definition) is 4. The van der Waals surface area contributed by atoms with Crippen molar-refractivity contribution in [2.75, 3.05) is 5.73 Å². The van der Waals surface area contributed by atoms with E-state index in [0.717, 1.165) is 28.8 Å². The Morgan fingerprint density at radius 3 is 2.15 bits per heavy atom. The third-order valence-corrected chi connectivity index (χ3v) is 6.02. The number of aryl methyl sites for hydroxylation is 3. The van der Waals surface area contributed by atoms with Gasteiger partial charge in [-0.3, -0.25) is 4.79 Å². The molecule has 0 saturated carbocycles. The highest BCUT2D eigenvalue weighted by atomic mass is 16.5. The average Bonchev–Trinajstić information content (AvgIpc) is 2.84. The molecule has 0 radical (unpaired) electrons. The molecule has 0 fully saturated rings. The lowest BCUT2D eigenvalue weighted by molar-refractivity contribution is 0.483. The number of nitrogens with two attached hydrogens (primary N) is 1. The summed E-state index contributed by atoms with van der Waals surface area (Å²) in [6.07, 6.45) is 0.959. The number of ether oxygens (including phenoxy) is 1. The highest BCUT2D eigenvalue weighted by Gasteiger charge is 2.15. The molecule has 0 bridgehead atoms. The minimum absolute atomic E-state index is 0.176. The quantitative estimate of drug-likeness (QED) is 0.367. The van der Waals surface area contributed by atoms with Crippen LogP contribution < -0.4 is 16.0 Å². The predicted molar refractivity (Wildman–Crippen MR) is 136 cm³/mol. The summed E-state index contributed by atoms with van der Waals surface area (Å²) in [6, 6.07) is 25.1. The van der Waals surface area contributed by atoms with Crippen LogP contribution in [0.1, 0.15) is 34.7 Å². The Balaban J connectivity index is 1.73. The molecule has 4 aromatic rings. The number of aromatic nitrogens is 1. The number of nitrogen functional groups attached to an aromatic ring is 1. The van der Waals surface area contributed by atoms with Crippen LogP contribution in [0, 0.1) is 25.2 Å². The smallest absolute Gasteiger partial charge is 0.269 e. The van der Waals surface area contributed by atoms with E-state index in [-0.39, 0.29) is 11.1 Å². The maximum absolute atomic E-state index is 13.3. The third kappa shape index (κ3) is 4.72. The van der Waals surface area contributed by atoms with Gasteiger partial charge in [0.15, 0.2) is 0 Å². The van der Waals surface area contributed by atoms with Gasteiger partial charge in [0.2, 0.25) is 0 Å². The molecule has 34 heavy (non-hydrogen) atoms. The van der Waals surface area contributed by atoms with E-state index in [4.69, 9.17) is 10.5 Å². The van der Waals surface area contributed by atoms with Crippen molar-refractivity contribution in [2.45, 2.75) is 33.7 Å². The first-order chi connectivity index (χ1) is 16.4. The second-order valence-corrected chi connectivity index (χ2v) is 8.40. The predicted octanol–water partition coefficient (Wildman–Crippen LogP) is 5.99. The molecule has 0 amide bonds. The second kappa shape index (κ2) is 9.68. The molecule has 0 spiro atoms. The monoisotopic (exact) mass is 449 g/mol. The van der Waals surface area contributed by atoms with E-state index >= 15 is 0 Å². The zero-order valence-electron chi connectivity index (χ0n) is 19.6. The van der Waals surface area contributed by atoms with E-state index in [1.807, 2.05) is 42.5 Å². The maximum Gasteiger partial charge on any atom is 0.269 e. The minimum atomic E-state index is -0.279. The first-order valence-electron chi connectivity index (χ1n) is 11.3. The van der Waals surface area contributed by atoms with Crippen LogP contribution in [0.4, 0.5) is 5.69 Å². The van der Waals surface area contributed by atoms with Crippen molar-refractivity contribution in [1.82, 2.24) is 4.57 Å². The Hall–Kier alpha value is -4.30. The number of anilines is 1. The minimum Gasteiger partial charge on any atom is -0.457 e. The van der Waals surface area contributed by atoms with E-state index in [1.165, 1.54) is 5.56 Å². The first-order valence-corrected chi connectivity index (χ1v) is 11.3. The SMILES string of the molecule is CCc1ccc(Cn2c(-c3ccc(Oc4ccc(N)cc4)cc3)cc(C)c(C#N)c2=O)c(C)c1. The van der Waals surface area contributed by atoms with Crippen LogP contribution >= 0.6 is 0 Å². The average molecular weight is 450 g/mol. The molecule has 170 valence electrons. The lowest BCUT2D eigenvalue weighted by Gasteiger charge is -2.17. The molecule has 0 aliphatic rings. The fraction of sp³-hybridized carbons (Fsp3) is 0.172. The van der Waals surface area contributed by atoms with E-state index in [1.54, 1.807) is 23.6 Å². The van der Waals surface area contributed by atoms with Crippen molar-refractivity contribution in [3.63, 3.8) is 0 Å². The zero-order chi connectivity index (χ0) is 24.2. The highest BCUT2D eigenvalue weighted by molar-refractivity contribution is 5.63. The second-order valence-electron chi connectivity index (χ2n) is 8.40. The number of pyridine rings is 1. The van der Waals surface area contributed by atoms with E-state index in [0.29, 0.717) is 29.3 Å². The van der Waals surface area contributed by atoms with Gasteiger partial charge in [0.05, 0.1) is 12.2 Å². The van der Waals surface area contributed by atoms with Gasteiger partial charge in [0.1, 0.15) is 23.1 Å². The largest absolute Gasteiger partial charge is 0.457 e. The van der Waals surface area contributed by atoms with Crippen LogP contribution in [0.3, 0.4) is 0 Å². The summed E-state index contributed by atoms with van der Waals surface area (Å²) in [7, 11) is 0. The van der Waals surface area contributed by atoms with Crippen molar-refractivity contribution >= 4 is 5.69 Å². The molecule has 0 aliphatic heterocycles. The van der Waals surface area contributed by atoms with Gasteiger partial charge < -0.3 is 15.0 Å². The lowest BCUT2D eigenvalue weighted by Crippen LogP contribution is -2.26. The standard InChI is InChI=1S/C29H27N3O2/c1-4-21-5-6-23(19(2)15-21)18-32-28(16-20(3)27(17-30)29(32)33)22-7-11-25(12-8-22)34-26-13-9-24(31)10-14-26/h5-16H,4,18,31H2,1-3H3. The molecular weight excluding hydrogens is 422 g/mol. The Kier molecular flexibility index (Phi) is 6.51. The van der Waals surface area contributed by atoms with Gasteiger partial charge >= 0.3 is 0 Å². The molecule has 0 atom stereocenters. The topological polar surface area (TPSA) is 81.0 Å². The molecule has 2 N–H and O–H groups in total. The van der Waals surface area contributed by atoms with Crippen LogP contribution in [-0.4, -0.2) is 4.57 Å². The molecule has 4 rings (SSSR count). The molecule has 5 heteroatoms. The molecule has 1 aromatic heterocycles. The third-order valence-electron chi connectivity index (χ3n) is 6.02. The Bertz CT molecular complexity index is 1430. The summed E-state index contributed by atoms with van der Waals surface area (Å²) < 4.78 is 7.59. The Labute approximate surface area is 199 Å². The molecule has 0 unspecified atom stereocenters. The van der Waals surface area contributed by atoms with Crippen LogP contribution in [0.5, 0.6) is 11.5 Å². The van der Waals surface area contributed by atoms with Gasteiger partial charge in [-0.2, -0.15) is 5.26 Å². The van der Waals surface area contributed by atoms with Crippen LogP contribution in [0.25, 0.3) is 11.3 Å². The normalized spacial score (nSPS) is 10.6. The summed E-state index contributed by atoms with van der Waals surface area (Å²) in [6.45, 7) is 6.37. The number of nitrogens with zero attached hydrogens (tertiary/aromatic N) is 2. The number of nitriles is 1. The van der Waals surface area contributed by atoms with Crippen LogP contribution in [0.15, 0.2) is 77.6 Å². The number of benzene rings is 3. The van der Waals surface area contributed by atoms with E-state index in [9.17, 15) is 10.1 Å². The maximum atomic E-state index is 13.3. The van der Waals surface area contributed by atoms with Crippen molar-refractivity contribution in [1.29, 1.82) is 5.26 Å². The van der Waals surface area contributed by atoms with Crippen LogP contribution in [-0.2, 0) is 13.0 Å². The van der Waals surface area contributed by atoms with Gasteiger partial charge in [0, 0.05) is 5.69 Å². The summed E-state index contributed by atoms with van der Waals surface area (Å²) >= 11 is 0. The fourth-order valence-electron chi connectivity index (χ4n) is 3.99. The summed E-state index contributed by atoms with van der Waals surface area (Å²) in [5, 5.41) is 9.58. The molecule has 3 aromatic carbocycles. The number of hydrogen-bond donors (Lipinski definition) is 1. The lowest BCUT2D eigenvalue weighted by atomic mass is 10.0. The summed E-state index contributed by atoms with van der Waals surface area (Å²) in [5.74, 6) is 1.37. The van der Waals surface area contributed by atoms with Gasteiger partial charge in [0.25, 0.3) is 5.56 Å². The molecule has 0 saturated heterocycles. The highest BCUT2D eigenvalue weighted by Crippen LogP contribution is 2.27. The molecular formula is C29H27N3O2. The summed E-state index contributed by atoms with van der Waals surface area (Å²) in [5.41, 5.74) is 12.1. The number of rotatable bonds is 6. The van der Waals surface area contributed by atoms with Crippen molar-refractivity contribution in [3.8, 4) is 28.8 Å². The van der Waals surface area contributed by atoms with Crippen molar-refractivity contribution in [3.05, 3.63) is 111 Å². The van der Waals surface area contributed by atoms with Gasteiger partial charge in [-0.25, -0.2) is 0 Å². The van der Waals surface area contributed by atoms with Crippen LogP contribution in [0.2, 0.25) is 0 Å². The van der Waals surface area contributed by atoms with E-state index < -0.39 is 0 Å².